The van der Waals surface area contributed by atoms with E-state index in [1.54, 1.807) is 16.7 Å². The quantitative estimate of drug-likeness (QED) is 0.551. The molecule has 1 aromatic carbocycles. The van der Waals surface area contributed by atoms with Crippen LogP contribution in [-0.4, -0.2) is 46.4 Å². The van der Waals surface area contributed by atoms with Gasteiger partial charge in [-0.1, -0.05) is 29.3 Å². The fourth-order valence-corrected chi connectivity index (χ4v) is 5.58. The molecule has 160 valence electrons. The smallest absolute Gasteiger partial charge is 0.246 e. The molecule has 7 nitrogen and oxygen atoms in total. The highest BCUT2D eigenvalue weighted by atomic mass is 35.5. The first-order valence-electron chi connectivity index (χ1n) is 9.36. The zero-order chi connectivity index (χ0) is 21.5. The third-order valence-electron chi connectivity index (χ3n) is 5.20. The minimum absolute atomic E-state index is 0.00662. The number of thiophene rings is 1. The van der Waals surface area contributed by atoms with Crippen LogP contribution in [0.25, 0.3) is 5.00 Å². The van der Waals surface area contributed by atoms with Crippen LogP contribution in [0.3, 0.4) is 0 Å². The summed E-state index contributed by atoms with van der Waals surface area (Å²) in [5, 5.41) is 8.24. The van der Waals surface area contributed by atoms with E-state index in [2.05, 4.69) is 5.10 Å². The SMILES string of the molecule is CS(=O)(=O)N1CCC(c2nn(Cc3ccc(Cl)c(Cl)c3)c(=O)n2-c2cccs2)CC1. The molecule has 0 atom stereocenters. The fraction of sp³-hybridized carbons (Fsp3) is 0.368. The lowest BCUT2D eigenvalue weighted by Gasteiger charge is -2.29. The number of nitrogens with zero attached hydrogens (tertiary/aromatic N) is 4. The summed E-state index contributed by atoms with van der Waals surface area (Å²) < 4.78 is 28.2. The largest absolute Gasteiger partial charge is 0.351 e. The minimum Gasteiger partial charge on any atom is -0.246 e. The number of benzene rings is 1. The van der Waals surface area contributed by atoms with Crippen molar-refractivity contribution in [3.8, 4) is 5.00 Å². The van der Waals surface area contributed by atoms with E-state index < -0.39 is 10.0 Å². The second kappa shape index (κ2) is 8.47. The van der Waals surface area contributed by atoms with E-state index in [9.17, 15) is 13.2 Å². The van der Waals surface area contributed by atoms with Crippen molar-refractivity contribution in [3.63, 3.8) is 0 Å². The van der Waals surface area contributed by atoms with Crippen LogP contribution < -0.4 is 5.69 Å². The first kappa shape index (κ1) is 21.6. The lowest BCUT2D eigenvalue weighted by molar-refractivity contribution is 0.313. The third-order valence-corrected chi connectivity index (χ3v) is 8.09. The minimum atomic E-state index is -3.22. The Morgan fingerprint density at radius 3 is 2.50 bits per heavy atom. The Morgan fingerprint density at radius 2 is 1.90 bits per heavy atom. The maximum Gasteiger partial charge on any atom is 0.351 e. The van der Waals surface area contributed by atoms with Crippen molar-refractivity contribution in [2.24, 2.45) is 0 Å². The molecule has 2 aromatic heterocycles. The Morgan fingerprint density at radius 1 is 1.17 bits per heavy atom. The number of halogens is 2. The molecule has 0 saturated carbocycles. The standard InChI is InChI=1S/C19H20Cl2N4O3S2/c1-30(27,28)23-8-6-14(7-9-23)18-22-24(12-13-4-5-15(20)16(21)11-13)19(26)25(18)17-3-2-10-29-17/h2-5,10-11,14H,6-9,12H2,1H3. The lowest BCUT2D eigenvalue weighted by Crippen LogP contribution is -2.37. The molecule has 1 aliphatic heterocycles. The van der Waals surface area contributed by atoms with Crippen molar-refractivity contribution in [2.45, 2.75) is 25.3 Å². The Kier molecular flexibility index (Phi) is 6.09. The molecule has 0 bridgehead atoms. The van der Waals surface area contributed by atoms with E-state index >= 15 is 0 Å². The van der Waals surface area contributed by atoms with Gasteiger partial charge in [0.15, 0.2) is 0 Å². The van der Waals surface area contributed by atoms with Gasteiger partial charge < -0.3 is 0 Å². The van der Waals surface area contributed by atoms with Crippen LogP contribution in [0.5, 0.6) is 0 Å². The molecule has 3 heterocycles. The summed E-state index contributed by atoms with van der Waals surface area (Å²) >= 11 is 13.6. The van der Waals surface area contributed by atoms with Gasteiger partial charge in [-0.05, 0) is 48.1 Å². The van der Waals surface area contributed by atoms with Gasteiger partial charge in [0.2, 0.25) is 10.0 Å². The van der Waals surface area contributed by atoms with Crippen molar-refractivity contribution in [1.82, 2.24) is 18.7 Å². The Balaban J connectivity index is 1.69. The summed E-state index contributed by atoms with van der Waals surface area (Å²) in [6, 6.07) is 9.01. The Labute approximate surface area is 188 Å². The van der Waals surface area contributed by atoms with Crippen LogP contribution in [0.15, 0.2) is 40.5 Å². The second-order valence-electron chi connectivity index (χ2n) is 7.27. The van der Waals surface area contributed by atoms with E-state index in [0.29, 0.717) is 41.8 Å². The van der Waals surface area contributed by atoms with E-state index in [4.69, 9.17) is 23.2 Å². The van der Waals surface area contributed by atoms with Crippen LogP contribution in [0, 0.1) is 0 Å². The van der Waals surface area contributed by atoms with Gasteiger partial charge >= 0.3 is 5.69 Å². The van der Waals surface area contributed by atoms with Gasteiger partial charge in [-0.2, -0.15) is 5.10 Å². The van der Waals surface area contributed by atoms with E-state index in [0.717, 1.165) is 10.6 Å². The van der Waals surface area contributed by atoms with Gasteiger partial charge in [-0.15, -0.1) is 11.3 Å². The highest BCUT2D eigenvalue weighted by molar-refractivity contribution is 7.88. The van der Waals surface area contributed by atoms with Crippen molar-refractivity contribution in [2.75, 3.05) is 19.3 Å². The number of piperidine rings is 1. The number of sulfonamides is 1. The molecule has 0 radical (unpaired) electrons. The first-order chi connectivity index (χ1) is 14.2. The molecule has 0 amide bonds. The molecule has 4 rings (SSSR count). The van der Waals surface area contributed by atoms with Gasteiger partial charge in [0.25, 0.3) is 0 Å². The monoisotopic (exact) mass is 486 g/mol. The highest BCUT2D eigenvalue weighted by Crippen LogP contribution is 2.30. The lowest BCUT2D eigenvalue weighted by atomic mass is 9.97. The van der Waals surface area contributed by atoms with Crippen molar-refractivity contribution in [3.05, 3.63) is 67.6 Å². The average Bonchev–Trinajstić information content (AvgIpc) is 3.33. The van der Waals surface area contributed by atoms with E-state index in [1.165, 1.54) is 26.6 Å². The van der Waals surface area contributed by atoms with Crippen LogP contribution in [-0.2, 0) is 16.6 Å². The van der Waals surface area contributed by atoms with Crippen molar-refractivity contribution >= 4 is 44.6 Å². The summed E-state index contributed by atoms with van der Waals surface area (Å²) in [6.45, 7) is 1.10. The molecule has 1 aliphatic rings. The fourth-order valence-electron chi connectivity index (χ4n) is 3.65. The average molecular weight is 487 g/mol. The Hall–Kier alpha value is -1.65. The molecule has 0 aliphatic carbocycles. The molecule has 0 unspecified atom stereocenters. The molecular weight excluding hydrogens is 467 g/mol. The van der Waals surface area contributed by atoms with Gasteiger partial charge in [0.1, 0.15) is 10.8 Å². The van der Waals surface area contributed by atoms with Gasteiger partial charge in [0.05, 0.1) is 22.8 Å². The number of aromatic nitrogens is 3. The number of rotatable bonds is 5. The van der Waals surface area contributed by atoms with Crippen molar-refractivity contribution < 1.29 is 8.42 Å². The second-order valence-corrected chi connectivity index (χ2v) is 11.0. The Bertz CT molecular complexity index is 1210. The molecule has 0 N–H and O–H groups in total. The van der Waals surface area contributed by atoms with E-state index in [-0.39, 0.29) is 18.2 Å². The van der Waals surface area contributed by atoms with Gasteiger partial charge in [-0.3, -0.25) is 0 Å². The van der Waals surface area contributed by atoms with Crippen molar-refractivity contribution in [1.29, 1.82) is 0 Å². The zero-order valence-electron chi connectivity index (χ0n) is 16.2. The summed E-state index contributed by atoms with van der Waals surface area (Å²) in [4.78, 5) is 13.2. The normalized spacial score (nSPS) is 16.2. The maximum atomic E-state index is 13.2. The van der Waals surface area contributed by atoms with E-state index in [1.807, 2.05) is 23.6 Å². The molecule has 0 spiro atoms. The third kappa shape index (κ3) is 4.36. The van der Waals surface area contributed by atoms with Crippen LogP contribution >= 0.6 is 34.5 Å². The first-order valence-corrected chi connectivity index (χ1v) is 12.8. The molecule has 11 heteroatoms. The summed E-state index contributed by atoms with van der Waals surface area (Å²) in [5.41, 5.74) is 0.588. The highest BCUT2D eigenvalue weighted by Gasteiger charge is 2.30. The molecular formula is C19H20Cl2N4O3S2. The summed E-state index contributed by atoms with van der Waals surface area (Å²) in [5.74, 6) is 0.656. The van der Waals surface area contributed by atoms with Crippen LogP contribution in [0.4, 0.5) is 0 Å². The molecule has 1 fully saturated rings. The molecule has 3 aromatic rings. The molecule has 1 saturated heterocycles. The van der Waals surface area contributed by atoms with Gasteiger partial charge in [0, 0.05) is 19.0 Å². The number of hydrogen-bond donors (Lipinski definition) is 0. The van der Waals surface area contributed by atoms with Gasteiger partial charge in [-0.25, -0.2) is 26.8 Å². The zero-order valence-corrected chi connectivity index (χ0v) is 19.3. The summed E-state index contributed by atoms with van der Waals surface area (Å²) in [6.07, 6.45) is 2.45. The summed E-state index contributed by atoms with van der Waals surface area (Å²) in [7, 11) is -3.22. The number of hydrogen-bond acceptors (Lipinski definition) is 5. The predicted molar refractivity (Wildman–Crippen MR) is 120 cm³/mol. The predicted octanol–water partition coefficient (Wildman–Crippen LogP) is 3.59. The topological polar surface area (TPSA) is 77.2 Å². The maximum absolute atomic E-state index is 13.2. The van der Waals surface area contributed by atoms with Crippen LogP contribution in [0.2, 0.25) is 10.0 Å². The van der Waals surface area contributed by atoms with Crippen LogP contribution in [0.1, 0.15) is 30.1 Å². The molecule has 30 heavy (non-hydrogen) atoms.